The molecule has 0 saturated heterocycles. The van der Waals surface area contributed by atoms with Gasteiger partial charge >= 0.3 is 0 Å². The molecule has 2 aromatic carbocycles. The van der Waals surface area contributed by atoms with Crippen molar-refractivity contribution in [2.75, 3.05) is 26.4 Å². The standard InChI is InChI=1S/C18H17NO3/c19-7-8-21-9-10-22-12-15-11-14-5-1-3-13-4-2-6-16(17(13)14)18(15)20/h1-7,11,19H,8-10,12H2. The van der Waals surface area contributed by atoms with E-state index >= 15 is 0 Å². The van der Waals surface area contributed by atoms with Crippen molar-refractivity contribution >= 4 is 28.8 Å². The van der Waals surface area contributed by atoms with Gasteiger partial charge in [0.1, 0.15) is 0 Å². The van der Waals surface area contributed by atoms with Gasteiger partial charge in [0.15, 0.2) is 5.78 Å². The number of hydrogen-bond acceptors (Lipinski definition) is 4. The molecule has 1 N–H and O–H groups in total. The van der Waals surface area contributed by atoms with Crippen LogP contribution in [-0.2, 0) is 9.47 Å². The van der Waals surface area contributed by atoms with Crippen LogP contribution < -0.4 is 0 Å². The zero-order chi connectivity index (χ0) is 15.4. The zero-order valence-electron chi connectivity index (χ0n) is 12.2. The van der Waals surface area contributed by atoms with Gasteiger partial charge < -0.3 is 14.9 Å². The number of carbonyl (C=O) groups is 1. The molecule has 22 heavy (non-hydrogen) atoms. The third-order valence-electron chi connectivity index (χ3n) is 3.63. The summed E-state index contributed by atoms with van der Waals surface area (Å²) in [5.41, 5.74) is 2.47. The number of benzene rings is 2. The molecule has 0 aliphatic heterocycles. The molecular weight excluding hydrogens is 278 g/mol. The summed E-state index contributed by atoms with van der Waals surface area (Å²) in [6.07, 6.45) is 3.11. The Morgan fingerprint density at radius 1 is 1.05 bits per heavy atom. The molecule has 0 atom stereocenters. The van der Waals surface area contributed by atoms with Gasteiger partial charge in [-0.3, -0.25) is 4.79 Å². The van der Waals surface area contributed by atoms with Crippen LogP contribution in [0, 0.1) is 5.41 Å². The normalized spacial score (nSPS) is 13.3. The molecule has 0 amide bonds. The van der Waals surface area contributed by atoms with E-state index in [1.807, 2.05) is 42.5 Å². The highest BCUT2D eigenvalue weighted by atomic mass is 16.5. The highest BCUT2D eigenvalue weighted by Gasteiger charge is 2.21. The Hall–Kier alpha value is -2.30. The fourth-order valence-corrected chi connectivity index (χ4v) is 2.66. The molecule has 1 aliphatic rings. The molecule has 4 heteroatoms. The minimum atomic E-state index is 0.0321. The van der Waals surface area contributed by atoms with Gasteiger partial charge in [-0.25, -0.2) is 0 Å². The summed E-state index contributed by atoms with van der Waals surface area (Å²) >= 11 is 0. The van der Waals surface area contributed by atoms with Crippen LogP contribution in [0.3, 0.4) is 0 Å². The van der Waals surface area contributed by atoms with Gasteiger partial charge in [-0.1, -0.05) is 36.4 Å². The first-order valence-corrected chi connectivity index (χ1v) is 7.22. The number of rotatable bonds is 7. The minimum absolute atomic E-state index is 0.0321. The van der Waals surface area contributed by atoms with Gasteiger partial charge in [-0.05, 0) is 17.0 Å². The van der Waals surface area contributed by atoms with Crippen LogP contribution in [0.15, 0.2) is 42.0 Å². The van der Waals surface area contributed by atoms with Crippen LogP contribution in [-0.4, -0.2) is 38.4 Å². The fraction of sp³-hybridized carbons (Fsp3) is 0.222. The van der Waals surface area contributed by atoms with Crippen molar-refractivity contribution < 1.29 is 14.3 Å². The Balaban J connectivity index is 1.74. The largest absolute Gasteiger partial charge is 0.374 e. The Morgan fingerprint density at radius 2 is 1.82 bits per heavy atom. The Labute approximate surface area is 128 Å². The molecule has 1 aliphatic carbocycles. The Morgan fingerprint density at radius 3 is 2.64 bits per heavy atom. The van der Waals surface area contributed by atoms with E-state index in [4.69, 9.17) is 14.9 Å². The van der Waals surface area contributed by atoms with Gasteiger partial charge in [0.2, 0.25) is 0 Å². The van der Waals surface area contributed by atoms with Crippen molar-refractivity contribution in [3.63, 3.8) is 0 Å². The average Bonchev–Trinajstić information content (AvgIpc) is 2.55. The highest BCUT2D eigenvalue weighted by Crippen LogP contribution is 2.31. The van der Waals surface area contributed by atoms with E-state index < -0.39 is 0 Å². The van der Waals surface area contributed by atoms with E-state index in [2.05, 4.69) is 0 Å². The number of ether oxygens (including phenoxy) is 2. The van der Waals surface area contributed by atoms with Crippen molar-refractivity contribution in [2.45, 2.75) is 0 Å². The number of ketones is 1. The maximum Gasteiger partial charge on any atom is 0.192 e. The maximum absolute atomic E-state index is 12.6. The smallest absolute Gasteiger partial charge is 0.192 e. The van der Waals surface area contributed by atoms with E-state index in [1.54, 1.807) is 0 Å². The second-order valence-corrected chi connectivity index (χ2v) is 5.08. The first-order valence-electron chi connectivity index (χ1n) is 7.22. The second kappa shape index (κ2) is 6.64. The van der Waals surface area contributed by atoms with Crippen LogP contribution in [0.4, 0.5) is 0 Å². The van der Waals surface area contributed by atoms with Crippen molar-refractivity contribution in [3.05, 3.63) is 53.1 Å². The highest BCUT2D eigenvalue weighted by molar-refractivity contribution is 6.22. The fourth-order valence-electron chi connectivity index (χ4n) is 2.66. The van der Waals surface area contributed by atoms with Gasteiger partial charge in [0, 0.05) is 22.7 Å². The molecule has 0 bridgehead atoms. The zero-order valence-corrected chi connectivity index (χ0v) is 12.2. The lowest BCUT2D eigenvalue weighted by Gasteiger charge is -2.17. The number of carbonyl (C=O) groups excluding carboxylic acids is 1. The van der Waals surface area contributed by atoms with Gasteiger partial charge in [-0.2, -0.15) is 0 Å². The molecule has 2 aromatic rings. The van der Waals surface area contributed by atoms with E-state index in [1.165, 1.54) is 6.21 Å². The first kappa shape index (κ1) is 14.6. The Kier molecular flexibility index (Phi) is 4.42. The average molecular weight is 295 g/mol. The maximum atomic E-state index is 12.6. The third kappa shape index (κ3) is 2.84. The van der Waals surface area contributed by atoms with Crippen LogP contribution in [0.25, 0.3) is 16.8 Å². The molecule has 112 valence electrons. The number of nitrogens with one attached hydrogen (secondary N) is 1. The first-order chi connectivity index (χ1) is 10.8. The molecule has 4 nitrogen and oxygen atoms in total. The minimum Gasteiger partial charge on any atom is -0.374 e. The van der Waals surface area contributed by atoms with Crippen LogP contribution in [0.2, 0.25) is 0 Å². The van der Waals surface area contributed by atoms with E-state index in [9.17, 15) is 4.79 Å². The van der Waals surface area contributed by atoms with E-state index in [-0.39, 0.29) is 12.4 Å². The van der Waals surface area contributed by atoms with Crippen LogP contribution in [0.5, 0.6) is 0 Å². The van der Waals surface area contributed by atoms with Crippen LogP contribution in [0.1, 0.15) is 15.9 Å². The SMILES string of the molecule is N=CCOCCOCC1=Cc2cccc3cccc(c23)C1=O. The van der Waals surface area contributed by atoms with Crippen molar-refractivity contribution in [3.8, 4) is 0 Å². The summed E-state index contributed by atoms with van der Waals surface area (Å²) in [4.78, 5) is 12.6. The lowest BCUT2D eigenvalue weighted by atomic mass is 9.88. The predicted octanol–water partition coefficient (Wildman–Crippen LogP) is 3.10. The summed E-state index contributed by atoms with van der Waals surface area (Å²) in [5, 5.41) is 8.95. The van der Waals surface area contributed by atoms with Gasteiger partial charge in [0.05, 0.1) is 26.4 Å². The molecule has 0 fully saturated rings. The predicted molar refractivity (Wildman–Crippen MR) is 86.7 cm³/mol. The molecule has 0 heterocycles. The number of Topliss-reactive ketones (excluding diaryl/α,β-unsaturated/α-hetero) is 1. The molecule has 0 unspecified atom stereocenters. The van der Waals surface area contributed by atoms with Crippen LogP contribution >= 0.6 is 0 Å². The monoisotopic (exact) mass is 295 g/mol. The summed E-state index contributed by atoms with van der Waals surface area (Å²) in [5.74, 6) is 0.0321. The van der Waals surface area contributed by atoms with E-state index in [0.717, 1.165) is 21.9 Å². The molecule has 0 spiro atoms. The van der Waals surface area contributed by atoms with Crippen molar-refractivity contribution in [1.82, 2.24) is 0 Å². The lowest BCUT2D eigenvalue weighted by Crippen LogP contribution is -2.15. The molecule has 0 aromatic heterocycles. The molecular formula is C18H17NO3. The summed E-state index contributed by atoms with van der Waals surface area (Å²) in [7, 11) is 0. The van der Waals surface area contributed by atoms with Crippen molar-refractivity contribution in [1.29, 1.82) is 5.41 Å². The molecule has 0 radical (unpaired) electrons. The topological polar surface area (TPSA) is 59.4 Å². The Bertz CT molecular complexity index is 744. The second-order valence-electron chi connectivity index (χ2n) is 5.08. The van der Waals surface area contributed by atoms with Gasteiger partial charge in [-0.15, -0.1) is 0 Å². The third-order valence-corrected chi connectivity index (χ3v) is 3.63. The summed E-state index contributed by atoms with van der Waals surface area (Å²) in [6.45, 7) is 1.39. The lowest BCUT2D eigenvalue weighted by molar-refractivity contribution is 0.0701. The summed E-state index contributed by atoms with van der Waals surface area (Å²) in [6, 6.07) is 11.8. The molecule has 3 rings (SSSR count). The van der Waals surface area contributed by atoms with E-state index in [0.29, 0.717) is 25.4 Å². The van der Waals surface area contributed by atoms with Crippen molar-refractivity contribution in [2.24, 2.45) is 0 Å². The quantitative estimate of drug-likeness (QED) is 0.630. The summed E-state index contributed by atoms with van der Waals surface area (Å²) < 4.78 is 10.6. The van der Waals surface area contributed by atoms with Gasteiger partial charge in [0.25, 0.3) is 0 Å². The molecule has 0 saturated carbocycles. The number of hydrogen-bond donors (Lipinski definition) is 1.